The lowest BCUT2D eigenvalue weighted by Gasteiger charge is -2.31. The molecule has 0 aromatic carbocycles. The van der Waals surface area contributed by atoms with E-state index in [-0.39, 0.29) is 18.5 Å². The van der Waals surface area contributed by atoms with Gasteiger partial charge in [0.05, 0.1) is 12.1 Å². The lowest BCUT2D eigenvalue weighted by atomic mass is 10.1. The van der Waals surface area contributed by atoms with Gasteiger partial charge >= 0.3 is 6.18 Å². The van der Waals surface area contributed by atoms with E-state index < -0.39 is 11.7 Å². The third-order valence-electron chi connectivity index (χ3n) is 3.41. The number of hydrogen-bond acceptors (Lipinski definition) is 4. The number of carbonyl (C=O) groups excluding carboxylic acids is 1. The fourth-order valence-electron chi connectivity index (χ4n) is 2.31. The van der Waals surface area contributed by atoms with Crippen LogP contribution >= 0.6 is 0 Å². The van der Waals surface area contributed by atoms with Crippen LogP contribution in [-0.2, 0) is 11.0 Å². The number of nitrogens with zero attached hydrogens (tertiary/aromatic N) is 2. The number of anilines is 1. The normalized spacial score (nSPS) is 17.7. The van der Waals surface area contributed by atoms with E-state index in [0.29, 0.717) is 5.82 Å². The zero-order chi connectivity index (χ0) is 15.5. The highest BCUT2D eigenvalue weighted by Crippen LogP contribution is 2.29. The van der Waals surface area contributed by atoms with Crippen LogP contribution in [0.1, 0.15) is 18.4 Å². The number of rotatable bonds is 4. The molecule has 0 unspecified atom stereocenters. The van der Waals surface area contributed by atoms with E-state index in [9.17, 15) is 18.0 Å². The summed E-state index contributed by atoms with van der Waals surface area (Å²) in [6, 6.07) is 2.48. The van der Waals surface area contributed by atoms with Crippen LogP contribution in [-0.4, -0.2) is 41.5 Å². The molecular weight excluding hydrogens is 285 g/mol. The molecule has 116 valence electrons. The summed E-state index contributed by atoms with van der Waals surface area (Å²) in [6.45, 7) is 1.69. The van der Waals surface area contributed by atoms with Gasteiger partial charge in [0.25, 0.3) is 0 Å². The lowest BCUT2D eigenvalue weighted by molar-refractivity contribution is -0.137. The molecule has 1 aliphatic heterocycles. The van der Waals surface area contributed by atoms with Crippen LogP contribution in [0.5, 0.6) is 0 Å². The Hall–Kier alpha value is -1.83. The number of alkyl halides is 3. The first-order chi connectivity index (χ1) is 9.84. The van der Waals surface area contributed by atoms with Gasteiger partial charge in [-0.3, -0.25) is 9.69 Å². The van der Waals surface area contributed by atoms with Crippen molar-refractivity contribution in [1.82, 2.24) is 9.88 Å². The van der Waals surface area contributed by atoms with Crippen molar-refractivity contribution < 1.29 is 18.0 Å². The van der Waals surface area contributed by atoms with Crippen LogP contribution in [0.4, 0.5) is 19.0 Å². The van der Waals surface area contributed by atoms with E-state index in [1.54, 1.807) is 0 Å². The number of aromatic nitrogens is 1. The topological polar surface area (TPSA) is 71.2 Å². The number of nitrogens with one attached hydrogen (secondary N) is 1. The van der Waals surface area contributed by atoms with Crippen molar-refractivity contribution >= 4 is 11.7 Å². The summed E-state index contributed by atoms with van der Waals surface area (Å²) in [6.07, 6.45) is -1.97. The number of pyridine rings is 1. The third kappa shape index (κ3) is 4.59. The molecule has 8 heteroatoms. The Morgan fingerprint density at radius 3 is 2.52 bits per heavy atom. The summed E-state index contributed by atoms with van der Waals surface area (Å²) in [5.74, 6) is 0.0715. The summed E-state index contributed by atoms with van der Waals surface area (Å²) >= 11 is 0. The predicted molar refractivity (Wildman–Crippen MR) is 71.5 cm³/mol. The molecule has 1 aromatic rings. The molecule has 0 atom stereocenters. The Morgan fingerprint density at radius 1 is 1.38 bits per heavy atom. The third-order valence-corrected chi connectivity index (χ3v) is 3.41. The van der Waals surface area contributed by atoms with Crippen molar-refractivity contribution in [2.24, 2.45) is 5.73 Å². The molecule has 1 fully saturated rings. The average molecular weight is 302 g/mol. The fourth-order valence-corrected chi connectivity index (χ4v) is 2.31. The first-order valence-electron chi connectivity index (χ1n) is 6.65. The molecule has 0 radical (unpaired) electrons. The summed E-state index contributed by atoms with van der Waals surface area (Å²) in [5.41, 5.74) is 4.37. The predicted octanol–water partition coefficient (Wildman–Crippen LogP) is 1.46. The monoisotopic (exact) mass is 302 g/mol. The second kappa shape index (κ2) is 6.30. The summed E-state index contributed by atoms with van der Waals surface area (Å²) in [5, 5.41) is 3.11. The highest BCUT2D eigenvalue weighted by Gasteiger charge is 2.30. The molecular formula is C13H17F3N4O. The molecule has 0 bridgehead atoms. The Morgan fingerprint density at radius 2 is 2.05 bits per heavy atom. The molecule has 0 spiro atoms. The van der Waals surface area contributed by atoms with Gasteiger partial charge in [-0.15, -0.1) is 0 Å². The van der Waals surface area contributed by atoms with Crippen LogP contribution in [0.3, 0.4) is 0 Å². The summed E-state index contributed by atoms with van der Waals surface area (Å²) in [7, 11) is 0. The lowest BCUT2D eigenvalue weighted by Crippen LogP contribution is -2.43. The summed E-state index contributed by atoms with van der Waals surface area (Å²) in [4.78, 5) is 16.6. The maximum atomic E-state index is 12.4. The number of carbonyl (C=O) groups is 1. The van der Waals surface area contributed by atoms with Crippen molar-refractivity contribution in [3.8, 4) is 0 Å². The number of nitrogens with two attached hydrogens (primary N) is 1. The van der Waals surface area contributed by atoms with Gasteiger partial charge in [-0.1, -0.05) is 0 Å². The van der Waals surface area contributed by atoms with Crippen LogP contribution in [0.15, 0.2) is 18.3 Å². The molecule has 2 rings (SSSR count). The first-order valence-corrected chi connectivity index (χ1v) is 6.65. The molecule has 3 N–H and O–H groups in total. The molecule has 0 saturated carbocycles. The number of primary amides is 1. The Balaban J connectivity index is 1.85. The fraction of sp³-hybridized carbons (Fsp3) is 0.538. The first kappa shape index (κ1) is 15.6. The van der Waals surface area contributed by atoms with Crippen molar-refractivity contribution in [3.63, 3.8) is 0 Å². The quantitative estimate of drug-likeness (QED) is 0.883. The van der Waals surface area contributed by atoms with E-state index in [2.05, 4.69) is 10.3 Å². The molecule has 1 aromatic heterocycles. The standard InChI is InChI=1S/C13H17F3N4O/c14-13(15,16)9-1-2-12(18-7-9)19-10-3-5-20(6-4-10)8-11(17)21/h1-2,7,10H,3-6,8H2,(H2,17,21)(H,18,19). The minimum Gasteiger partial charge on any atom is -0.369 e. The van der Waals surface area contributed by atoms with Crippen molar-refractivity contribution in [2.45, 2.75) is 25.1 Å². The Kier molecular flexibility index (Phi) is 4.66. The van der Waals surface area contributed by atoms with Crippen LogP contribution in [0.2, 0.25) is 0 Å². The molecule has 1 amide bonds. The minimum absolute atomic E-state index is 0.137. The number of likely N-dealkylation sites (tertiary alicyclic amines) is 1. The Labute approximate surface area is 120 Å². The molecule has 5 nitrogen and oxygen atoms in total. The highest BCUT2D eigenvalue weighted by molar-refractivity contribution is 5.75. The summed E-state index contributed by atoms with van der Waals surface area (Å²) < 4.78 is 37.3. The average Bonchev–Trinajstić information content (AvgIpc) is 2.40. The van der Waals surface area contributed by atoms with Crippen LogP contribution in [0, 0.1) is 0 Å². The van der Waals surface area contributed by atoms with Gasteiger partial charge in [0, 0.05) is 25.3 Å². The second-order valence-corrected chi connectivity index (χ2v) is 5.09. The van der Waals surface area contributed by atoms with Gasteiger partial charge in [0.15, 0.2) is 0 Å². The maximum Gasteiger partial charge on any atom is 0.417 e. The van der Waals surface area contributed by atoms with E-state index >= 15 is 0 Å². The van der Waals surface area contributed by atoms with E-state index in [1.807, 2.05) is 4.90 Å². The Bertz CT molecular complexity index is 481. The van der Waals surface area contributed by atoms with Gasteiger partial charge in [-0.05, 0) is 25.0 Å². The van der Waals surface area contributed by atoms with Gasteiger partial charge in [0.1, 0.15) is 5.82 Å². The molecule has 1 aliphatic rings. The smallest absolute Gasteiger partial charge is 0.369 e. The SMILES string of the molecule is NC(=O)CN1CCC(Nc2ccc(C(F)(F)F)cn2)CC1. The van der Waals surface area contributed by atoms with E-state index in [1.165, 1.54) is 6.07 Å². The van der Waals surface area contributed by atoms with Crippen molar-refractivity contribution in [3.05, 3.63) is 23.9 Å². The minimum atomic E-state index is -4.37. The molecule has 0 aliphatic carbocycles. The number of hydrogen-bond donors (Lipinski definition) is 2. The highest BCUT2D eigenvalue weighted by atomic mass is 19.4. The number of halogens is 3. The van der Waals surface area contributed by atoms with Crippen LogP contribution in [0.25, 0.3) is 0 Å². The molecule has 1 saturated heterocycles. The van der Waals surface area contributed by atoms with Crippen molar-refractivity contribution in [2.75, 3.05) is 25.0 Å². The van der Waals surface area contributed by atoms with Gasteiger partial charge in [-0.25, -0.2) is 4.98 Å². The zero-order valence-electron chi connectivity index (χ0n) is 11.4. The molecule has 21 heavy (non-hydrogen) atoms. The van der Waals surface area contributed by atoms with E-state index in [0.717, 1.165) is 38.2 Å². The molecule has 2 heterocycles. The van der Waals surface area contributed by atoms with Crippen LogP contribution < -0.4 is 11.1 Å². The van der Waals surface area contributed by atoms with Gasteiger partial charge in [0.2, 0.25) is 5.91 Å². The van der Waals surface area contributed by atoms with Gasteiger partial charge < -0.3 is 11.1 Å². The second-order valence-electron chi connectivity index (χ2n) is 5.09. The number of amides is 1. The van der Waals surface area contributed by atoms with Crippen molar-refractivity contribution in [1.29, 1.82) is 0 Å². The van der Waals surface area contributed by atoms with E-state index in [4.69, 9.17) is 5.73 Å². The largest absolute Gasteiger partial charge is 0.417 e. The maximum absolute atomic E-state index is 12.4. The number of piperidine rings is 1. The van der Waals surface area contributed by atoms with Gasteiger partial charge in [-0.2, -0.15) is 13.2 Å². The zero-order valence-corrected chi connectivity index (χ0v) is 11.4.